The van der Waals surface area contributed by atoms with E-state index in [0.717, 1.165) is 28.6 Å². The fourth-order valence-corrected chi connectivity index (χ4v) is 4.44. The van der Waals surface area contributed by atoms with Crippen molar-refractivity contribution in [2.45, 2.75) is 18.9 Å². The Morgan fingerprint density at radius 1 is 1.68 bits per heavy atom. The molecule has 1 aromatic heterocycles. The summed E-state index contributed by atoms with van der Waals surface area (Å²) in [5.41, 5.74) is 5.95. The van der Waals surface area contributed by atoms with E-state index in [1.807, 2.05) is 0 Å². The summed E-state index contributed by atoms with van der Waals surface area (Å²) in [5, 5.41) is 0. The molecule has 0 amide bonds. The molecule has 1 aromatic rings. The lowest BCUT2D eigenvalue weighted by molar-refractivity contribution is 0.0367. The van der Waals surface area contributed by atoms with Crippen LogP contribution in [0.15, 0.2) is 10.5 Å². The fourth-order valence-electron chi connectivity index (χ4n) is 2.53. The van der Waals surface area contributed by atoms with Crippen molar-refractivity contribution < 1.29 is 4.74 Å². The second kappa shape index (κ2) is 7.38. The fraction of sp³-hybridized carbons (Fsp3) is 0.692. The van der Waals surface area contributed by atoms with Gasteiger partial charge in [-0.3, -0.25) is 4.90 Å². The van der Waals surface area contributed by atoms with E-state index in [0.29, 0.717) is 12.5 Å². The minimum atomic E-state index is 0.232. The molecule has 2 heterocycles. The molecular weight excluding hydrogens is 348 g/mol. The first-order valence-corrected chi connectivity index (χ1v) is 8.53. The van der Waals surface area contributed by atoms with Crippen LogP contribution in [-0.2, 0) is 4.74 Å². The molecule has 0 saturated carbocycles. The zero-order chi connectivity index (χ0) is 13.8. The van der Waals surface area contributed by atoms with Crippen LogP contribution in [0.4, 0.5) is 0 Å². The first-order valence-electron chi connectivity index (χ1n) is 6.54. The van der Waals surface area contributed by atoms with Crippen molar-refractivity contribution in [2.24, 2.45) is 11.7 Å². The summed E-state index contributed by atoms with van der Waals surface area (Å²) >= 11 is 11.2. The lowest BCUT2D eigenvalue weighted by Crippen LogP contribution is -2.36. The number of likely N-dealkylation sites (N-methyl/N-ethyl adjacent to an activating group) is 1. The Hall–Kier alpha value is 0.350. The highest BCUT2D eigenvalue weighted by molar-refractivity contribution is 9.10. The number of hydrogen-bond donors (Lipinski definition) is 1. The number of ether oxygens (including phenoxy) is 1. The summed E-state index contributed by atoms with van der Waals surface area (Å²) < 4.78 is 7.30. The topological polar surface area (TPSA) is 38.5 Å². The second-order valence-corrected chi connectivity index (χ2v) is 7.58. The molecule has 0 spiro atoms. The highest BCUT2D eigenvalue weighted by atomic mass is 79.9. The smallest absolute Gasteiger partial charge is 0.107 e. The van der Waals surface area contributed by atoms with Gasteiger partial charge in [-0.25, -0.2) is 0 Å². The van der Waals surface area contributed by atoms with Crippen LogP contribution >= 0.6 is 38.9 Å². The van der Waals surface area contributed by atoms with Gasteiger partial charge in [0, 0.05) is 29.0 Å². The number of rotatable bonds is 5. The van der Waals surface area contributed by atoms with Crippen LogP contribution in [0.25, 0.3) is 0 Å². The lowest BCUT2D eigenvalue weighted by Gasteiger charge is -2.31. The third kappa shape index (κ3) is 4.16. The van der Waals surface area contributed by atoms with Gasteiger partial charge in [0.25, 0.3) is 0 Å². The maximum absolute atomic E-state index is 6.12. The molecular formula is C13H20BrClN2OS. The van der Waals surface area contributed by atoms with Crippen molar-refractivity contribution in [3.05, 3.63) is 19.8 Å². The molecule has 6 heteroatoms. The van der Waals surface area contributed by atoms with Gasteiger partial charge in [-0.05, 0) is 47.8 Å². The van der Waals surface area contributed by atoms with Crippen molar-refractivity contribution in [1.82, 2.24) is 4.90 Å². The van der Waals surface area contributed by atoms with Gasteiger partial charge in [-0.1, -0.05) is 11.6 Å². The molecule has 2 rings (SSSR count). The van der Waals surface area contributed by atoms with Crippen molar-refractivity contribution in [2.75, 3.05) is 33.4 Å². The van der Waals surface area contributed by atoms with Gasteiger partial charge < -0.3 is 10.5 Å². The number of hydrogen-bond acceptors (Lipinski definition) is 4. The van der Waals surface area contributed by atoms with Crippen LogP contribution in [0.2, 0.25) is 4.34 Å². The van der Waals surface area contributed by atoms with Crippen LogP contribution in [0.5, 0.6) is 0 Å². The Balaban J connectivity index is 1.99. The summed E-state index contributed by atoms with van der Waals surface area (Å²) in [6.07, 6.45) is 2.42. The van der Waals surface area contributed by atoms with Crippen molar-refractivity contribution in [3.63, 3.8) is 0 Å². The molecule has 0 radical (unpaired) electrons. The van der Waals surface area contributed by atoms with E-state index in [4.69, 9.17) is 22.1 Å². The molecule has 2 N–H and O–H groups in total. The van der Waals surface area contributed by atoms with Crippen LogP contribution in [0.1, 0.15) is 23.8 Å². The summed E-state index contributed by atoms with van der Waals surface area (Å²) in [6.45, 7) is 3.41. The van der Waals surface area contributed by atoms with Gasteiger partial charge >= 0.3 is 0 Å². The second-order valence-electron chi connectivity index (χ2n) is 5.04. The quantitative estimate of drug-likeness (QED) is 0.865. The zero-order valence-corrected chi connectivity index (χ0v) is 14.2. The summed E-state index contributed by atoms with van der Waals surface area (Å²) in [5.74, 6) is 0.617. The molecule has 3 nitrogen and oxygen atoms in total. The largest absolute Gasteiger partial charge is 0.381 e. The molecule has 0 aromatic carbocycles. The third-order valence-electron chi connectivity index (χ3n) is 3.55. The Kier molecular flexibility index (Phi) is 6.11. The molecule has 2 atom stereocenters. The Morgan fingerprint density at radius 2 is 2.47 bits per heavy atom. The van der Waals surface area contributed by atoms with Gasteiger partial charge in [0.1, 0.15) is 4.34 Å². The molecule has 0 bridgehead atoms. The summed E-state index contributed by atoms with van der Waals surface area (Å²) in [4.78, 5) is 3.55. The minimum Gasteiger partial charge on any atom is -0.381 e. The summed E-state index contributed by atoms with van der Waals surface area (Å²) in [6, 6.07) is 2.31. The molecule has 2 unspecified atom stereocenters. The van der Waals surface area contributed by atoms with Gasteiger partial charge in [0.2, 0.25) is 0 Å². The van der Waals surface area contributed by atoms with E-state index in [1.165, 1.54) is 17.7 Å². The predicted octanol–water partition coefficient (Wildman–Crippen LogP) is 3.52. The van der Waals surface area contributed by atoms with Crippen molar-refractivity contribution in [3.8, 4) is 0 Å². The van der Waals surface area contributed by atoms with Crippen molar-refractivity contribution >= 4 is 38.9 Å². The van der Waals surface area contributed by atoms with E-state index < -0.39 is 0 Å². The van der Waals surface area contributed by atoms with Crippen LogP contribution in [0, 0.1) is 5.92 Å². The van der Waals surface area contributed by atoms with E-state index in [1.54, 1.807) is 11.3 Å². The minimum absolute atomic E-state index is 0.232. The maximum Gasteiger partial charge on any atom is 0.107 e. The molecule has 19 heavy (non-hydrogen) atoms. The highest BCUT2D eigenvalue weighted by Crippen LogP contribution is 2.36. The maximum atomic E-state index is 6.12. The summed E-state index contributed by atoms with van der Waals surface area (Å²) in [7, 11) is 2.13. The third-order valence-corrected chi connectivity index (χ3v) is 6.12. The first kappa shape index (κ1) is 15.7. The van der Waals surface area contributed by atoms with E-state index in [2.05, 4.69) is 33.9 Å². The average Bonchev–Trinajstić information content (AvgIpc) is 2.71. The van der Waals surface area contributed by atoms with Crippen LogP contribution in [-0.4, -0.2) is 38.3 Å². The number of thiophene rings is 1. The molecule has 1 saturated heterocycles. The normalized spacial score (nSPS) is 21.8. The van der Waals surface area contributed by atoms with Gasteiger partial charge in [0.05, 0.1) is 12.6 Å². The molecule has 0 aliphatic carbocycles. The lowest BCUT2D eigenvalue weighted by atomic mass is 10.0. The predicted molar refractivity (Wildman–Crippen MR) is 85.0 cm³/mol. The van der Waals surface area contributed by atoms with E-state index in [-0.39, 0.29) is 6.04 Å². The van der Waals surface area contributed by atoms with E-state index in [9.17, 15) is 0 Å². The molecule has 1 aliphatic heterocycles. The number of nitrogens with zero attached hydrogens (tertiary/aromatic N) is 1. The molecule has 108 valence electrons. The van der Waals surface area contributed by atoms with Gasteiger partial charge in [0.15, 0.2) is 0 Å². The molecule has 1 fully saturated rings. The van der Waals surface area contributed by atoms with Gasteiger partial charge in [-0.2, -0.15) is 0 Å². The Bertz CT molecular complexity index is 390. The first-order chi connectivity index (χ1) is 9.11. The van der Waals surface area contributed by atoms with Crippen LogP contribution in [0.3, 0.4) is 0 Å². The van der Waals surface area contributed by atoms with Crippen LogP contribution < -0.4 is 5.73 Å². The monoisotopic (exact) mass is 366 g/mol. The highest BCUT2D eigenvalue weighted by Gasteiger charge is 2.23. The Morgan fingerprint density at radius 3 is 3.00 bits per heavy atom. The standard InChI is InChI=1S/C13H20BrClN2OS/c1-17(7-9-3-2-4-18-8-9)11(6-16)12-5-10(14)13(15)19-12/h5,9,11H,2-4,6-8,16H2,1H3. The van der Waals surface area contributed by atoms with Gasteiger partial charge in [-0.15, -0.1) is 11.3 Å². The molecule has 1 aliphatic rings. The SMILES string of the molecule is CN(CC1CCCOC1)C(CN)c1cc(Br)c(Cl)s1. The zero-order valence-electron chi connectivity index (χ0n) is 11.1. The Labute approximate surface area is 132 Å². The number of nitrogens with two attached hydrogens (primary N) is 1. The van der Waals surface area contributed by atoms with Crippen molar-refractivity contribution in [1.29, 1.82) is 0 Å². The van der Waals surface area contributed by atoms with E-state index >= 15 is 0 Å². The average molecular weight is 368 g/mol. The number of halogens is 2.